The molecule has 0 bridgehead atoms. The Kier molecular flexibility index (Phi) is 42.2. The maximum Gasteiger partial charge on any atom is 0.335 e. The van der Waals surface area contributed by atoms with Crippen LogP contribution in [0, 0.1) is 0 Å². The lowest BCUT2D eigenvalue weighted by Crippen LogP contribution is -2.62. The monoisotopic (exact) mass is 1380 g/mol. The number of nitrogens with two attached hydrogens (primary N) is 5. The number of hydrogen-bond acceptors (Lipinski definition) is 23. The number of allylic oxidation sites excluding steroid dienone is 1. The molecule has 1 aliphatic rings. The summed E-state index contributed by atoms with van der Waals surface area (Å²) in [6, 6.07) is -17.6. The van der Waals surface area contributed by atoms with Crippen molar-refractivity contribution in [3.63, 3.8) is 0 Å². The van der Waals surface area contributed by atoms with Gasteiger partial charge in [-0.3, -0.25) is 52.9 Å². The van der Waals surface area contributed by atoms with Crippen molar-refractivity contribution in [2.45, 2.75) is 222 Å². The predicted molar refractivity (Wildman–Crippen MR) is 342 cm³/mol. The maximum atomic E-state index is 14.7. The summed E-state index contributed by atoms with van der Waals surface area (Å²) in [5, 5.41) is 75.6. The quantitative estimate of drug-likeness (QED) is 0.00711. The van der Waals surface area contributed by atoms with Crippen molar-refractivity contribution in [3.05, 3.63) is 11.8 Å². The smallest absolute Gasteiger partial charge is 0.335 e. The lowest BCUT2D eigenvalue weighted by molar-refractivity contribution is -0.155. The number of alkyl halides is 1. The van der Waals surface area contributed by atoms with Gasteiger partial charge < -0.3 is 117 Å². The molecule has 1 aliphatic heterocycles. The predicted octanol–water partition coefficient (Wildman–Crippen LogP) is -6.53. The first kappa shape index (κ1) is 85.1. The highest BCUT2D eigenvalue weighted by atomic mass is 35.5. The summed E-state index contributed by atoms with van der Waals surface area (Å²) in [7, 11) is 1.03. The number of cyclic esters (lactones) is 1. The average Bonchev–Trinajstić information content (AvgIpc) is 0.890. The van der Waals surface area contributed by atoms with Gasteiger partial charge in [-0.2, -0.15) is 0 Å². The molecule has 1 saturated heterocycles. The highest BCUT2D eigenvalue weighted by Crippen LogP contribution is 2.15. The van der Waals surface area contributed by atoms with Crippen LogP contribution in [0.2, 0.25) is 0 Å². The number of carbonyl (C=O) groups excluding carboxylic acids is 12. The minimum Gasteiger partial charge on any atom is -0.479 e. The van der Waals surface area contributed by atoms with E-state index >= 15 is 0 Å². The van der Waals surface area contributed by atoms with Crippen LogP contribution in [0.1, 0.15) is 143 Å². The number of amides is 10. The minimum atomic E-state index is -2.85. The molecule has 540 valence electrons. The van der Waals surface area contributed by atoms with Crippen LogP contribution in [0.3, 0.4) is 0 Å². The molecule has 10 amide bonds. The van der Waals surface area contributed by atoms with Gasteiger partial charge in [-0.05, 0) is 84.8 Å². The second kappa shape index (κ2) is 47.1. The molecule has 0 saturated carbocycles. The summed E-state index contributed by atoms with van der Waals surface area (Å²) >= 11 is 5.91. The molecule has 0 aliphatic carbocycles. The third-order valence-electron chi connectivity index (χ3n) is 14.7. The fourth-order valence-corrected chi connectivity index (χ4v) is 9.56. The molecule has 95 heavy (non-hydrogen) atoms. The van der Waals surface area contributed by atoms with Gasteiger partial charge in [0.05, 0.1) is 44.1 Å². The third kappa shape index (κ3) is 32.9. The Bertz CT molecular complexity index is 2580. The van der Waals surface area contributed by atoms with Crippen LogP contribution >= 0.6 is 11.6 Å². The number of nitrogens with one attached hydrogen (secondary N) is 10. The summed E-state index contributed by atoms with van der Waals surface area (Å²) in [5.74, 6) is -18.7. The van der Waals surface area contributed by atoms with E-state index in [2.05, 4.69) is 54.5 Å². The number of carbonyl (C=O) groups is 13. The Morgan fingerprint density at radius 2 is 1.19 bits per heavy atom. The Morgan fingerprint density at radius 1 is 0.653 bits per heavy atom. The van der Waals surface area contributed by atoms with Gasteiger partial charge in [0, 0.05) is 6.54 Å². The van der Waals surface area contributed by atoms with Crippen molar-refractivity contribution in [1.29, 1.82) is 0 Å². The number of methoxy groups -OCH3 is 1. The van der Waals surface area contributed by atoms with Crippen molar-refractivity contribution in [2.24, 2.45) is 33.7 Å². The number of unbranched alkanes of at least 4 members (excludes halogenated alkanes) is 9. The average molecular weight is 1380 g/mol. The zero-order valence-corrected chi connectivity index (χ0v) is 55.1. The van der Waals surface area contributed by atoms with Crippen LogP contribution < -0.4 is 81.8 Å². The first-order valence-electron chi connectivity index (χ1n) is 31.6. The van der Waals surface area contributed by atoms with E-state index < -0.39 is 200 Å². The van der Waals surface area contributed by atoms with Crippen LogP contribution in [-0.2, 0) is 71.8 Å². The summed E-state index contributed by atoms with van der Waals surface area (Å²) in [6.45, 7) is 2.47. The number of ether oxygens (including phenoxy) is 2. The number of guanidine groups is 1. The van der Waals surface area contributed by atoms with Crippen molar-refractivity contribution in [3.8, 4) is 0 Å². The molecule has 0 aromatic heterocycles. The van der Waals surface area contributed by atoms with Crippen molar-refractivity contribution >= 4 is 94.5 Å². The molecule has 36 nitrogen and oxygen atoms in total. The van der Waals surface area contributed by atoms with Gasteiger partial charge in [-0.15, -0.1) is 11.6 Å². The topological polar surface area (TPSA) is 604 Å². The number of rotatable bonds is 34. The van der Waals surface area contributed by atoms with Crippen LogP contribution in [0.4, 0.5) is 0 Å². The highest BCUT2D eigenvalue weighted by molar-refractivity contribution is 6.18. The number of aliphatic imine (C=N–C) groups is 1. The molecule has 1 rings (SSSR count). The van der Waals surface area contributed by atoms with Crippen LogP contribution in [0.15, 0.2) is 16.8 Å². The molecule has 13 atom stereocenters. The van der Waals surface area contributed by atoms with Gasteiger partial charge >= 0.3 is 17.9 Å². The number of aliphatic hydroxyl groups excluding tert-OH is 4. The zero-order chi connectivity index (χ0) is 71.7. The van der Waals surface area contributed by atoms with E-state index in [4.69, 9.17) is 49.7 Å². The maximum absolute atomic E-state index is 14.7. The largest absolute Gasteiger partial charge is 0.479 e. The number of aliphatic hydroxyl groups is 4. The third-order valence-corrected chi connectivity index (χ3v) is 15.1. The number of aliphatic carboxylic acids is 1. The van der Waals surface area contributed by atoms with E-state index in [0.717, 1.165) is 78.4 Å². The number of nitrogens with zero attached hydrogens (tertiary/aromatic N) is 1. The van der Waals surface area contributed by atoms with Crippen LogP contribution in [0.5, 0.6) is 0 Å². The van der Waals surface area contributed by atoms with Gasteiger partial charge in [0.15, 0.2) is 18.1 Å². The number of carboxylic acid groups (broad SMARTS) is 1. The van der Waals surface area contributed by atoms with Crippen LogP contribution in [0.25, 0.3) is 0 Å². The van der Waals surface area contributed by atoms with E-state index in [1.165, 1.54) is 0 Å². The lowest BCUT2D eigenvalue weighted by Gasteiger charge is -2.29. The van der Waals surface area contributed by atoms with Crippen molar-refractivity contribution in [2.75, 3.05) is 45.8 Å². The van der Waals surface area contributed by atoms with E-state index in [1.807, 2.05) is 10.6 Å². The summed E-state index contributed by atoms with van der Waals surface area (Å²) in [4.78, 5) is 184. The van der Waals surface area contributed by atoms with Crippen molar-refractivity contribution < 1.29 is 97.3 Å². The molecule has 1 unspecified atom stereocenters. The highest BCUT2D eigenvalue weighted by Gasteiger charge is 2.41. The van der Waals surface area contributed by atoms with Gasteiger partial charge in [-0.25, -0.2) is 14.4 Å². The molecular formula is C58H101ClN16O20. The molecule has 0 aromatic rings. The Labute approximate surface area is 556 Å². The zero-order valence-electron chi connectivity index (χ0n) is 54.3. The SMILES string of the molecule is C/C=C1/NC(=O)[C@H]([C@H](C)O)NC(=O)[C@H](CCN)NC(=O)[C@H](CCCCN)NC(=O)[C@H](CC(=O)N[C@@H](CCCN=C(N)N)C(=O)OC)NC(=O)[C@@H](CCN)NC(=O)[C@@H](NC(=O)C[C@@H](O)CCCCCCCCCCC)COC(=O)[C@H]([C@H](O)CCl)NC(=O)[C@H](C(O)C(=O)O)NC1=O. The number of carboxylic acids is 1. The molecular weight excluding hydrogens is 1280 g/mol. The molecule has 0 radical (unpaired) electrons. The first-order chi connectivity index (χ1) is 45.0. The van der Waals surface area contributed by atoms with Crippen molar-refractivity contribution in [1.82, 2.24) is 53.2 Å². The second-order valence-electron chi connectivity index (χ2n) is 22.6. The first-order valence-corrected chi connectivity index (χ1v) is 32.2. The molecule has 37 heteroatoms. The van der Waals surface area contributed by atoms with Gasteiger partial charge in [0.2, 0.25) is 53.2 Å². The van der Waals surface area contributed by atoms with Crippen LogP contribution in [-0.4, -0.2) is 233 Å². The van der Waals surface area contributed by atoms with E-state index in [0.29, 0.717) is 6.42 Å². The molecule has 1 heterocycles. The number of hydrogen-bond donors (Lipinski definition) is 20. The Morgan fingerprint density at radius 3 is 1.72 bits per heavy atom. The number of halogens is 1. The normalized spacial score (nSPS) is 23.1. The second-order valence-corrected chi connectivity index (χ2v) is 22.9. The molecule has 25 N–H and O–H groups in total. The Balaban J connectivity index is 4.25. The number of esters is 2. The molecule has 0 aromatic carbocycles. The minimum absolute atomic E-state index is 0.00292. The standard InChI is InChI=1S/C58H101ClN16O20/c1-5-7-8-9-10-11-12-13-14-18-32(77)27-41(79)67-39-30-95-57(93)44(40(78)29-59)74-54(89)45(46(81)55(90)91)75-47(82)33(6-2)68-53(88)43(31(3)76)73-50(85)36(22-25-62)70-48(83)34(19-15-16-23-60)69-51(86)38(72-49(84)35(21-24-61)71-52(39)87)28-42(80)66-37(56(92)94-4)20-17-26-65-58(63)64/h6,31-32,34-40,43-46,76-78,81H,5,7-30,60-62H2,1-4H3,(H,66,80)(H,67,79)(H,68,88)(H,69,86)(H,70,83)(H,71,87)(H,72,84)(H,73,85)(H,74,89)(H,75,82)(H,90,91)(H4,63,64,65)/b33-6+/t31-,32-,34-,35+,36-,37-,38-,39-,40+,43-,44-,45-,46?/m0/s1. The van der Waals surface area contributed by atoms with Gasteiger partial charge in [0.1, 0.15) is 60.6 Å². The summed E-state index contributed by atoms with van der Waals surface area (Å²) in [5.41, 5.74) is 27.5. The molecule has 0 spiro atoms. The van der Waals surface area contributed by atoms with E-state index in [9.17, 15) is 87.9 Å². The Hall–Kier alpha value is -7.87. The van der Waals surface area contributed by atoms with E-state index in [1.54, 1.807) is 0 Å². The molecule has 1 fully saturated rings. The van der Waals surface area contributed by atoms with E-state index in [-0.39, 0.29) is 70.5 Å². The summed E-state index contributed by atoms with van der Waals surface area (Å²) in [6.07, 6.45) is -0.781. The van der Waals surface area contributed by atoms with Gasteiger partial charge in [-0.1, -0.05) is 70.8 Å². The van der Waals surface area contributed by atoms with Gasteiger partial charge in [0.25, 0.3) is 5.91 Å². The fraction of sp³-hybridized carbons (Fsp3) is 0.724. The summed E-state index contributed by atoms with van der Waals surface area (Å²) < 4.78 is 10.2. The lowest BCUT2D eigenvalue weighted by atomic mass is 10.0. The fourth-order valence-electron chi connectivity index (χ4n) is 9.39.